The predicted molar refractivity (Wildman–Crippen MR) is 69.6 cm³/mol. The molecule has 3 nitrogen and oxygen atoms in total. The Morgan fingerprint density at radius 3 is 1.28 bits per heavy atom. The maximum absolute atomic E-state index is 10.7. The molecule has 0 aliphatic heterocycles. The van der Waals surface area contributed by atoms with Gasteiger partial charge in [-0.25, -0.2) is 0 Å². The number of carbonyl (C=O) groups excluding carboxylic acids is 3. The summed E-state index contributed by atoms with van der Waals surface area (Å²) in [6.07, 6.45) is 5.94. The fraction of sp³-hybridized carbons (Fsp3) is 0.714. The van der Waals surface area contributed by atoms with E-state index >= 15 is 0 Å². The van der Waals surface area contributed by atoms with Gasteiger partial charge < -0.3 is 21.3 Å². The summed E-state index contributed by atoms with van der Waals surface area (Å²) in [5.74, 6) is 0.786. The maximum Gasteiger partial charge on any atom is 0.126 e. The van der Waals surface area contributed by atoms with E-state index in [-0.39, 0.29) is 50.1 Å². The maximum atomic E-state index is 10.7. The van der Waals surface area contributed by atoms with Crippen molar-refractivity contribution >= 4 is 17.3 Å². The number of hydrogen-bond acceptors (Lipinski definition) is 3. The van der Waals surface area contributed by atoms with E-state index in [9.17, 15) is 14.4 Å². The first-order valence-electron chi connectivity index (χ1n) is 6.07. The first kappa shape index (κ1) is 23.1. The van der Waals surface area contributed by atoms with Crippen molar-refractivity contribution in [2.45, 2.75) is 59.8 Å². The van der Waals surface area contributed by atoms with Gasteiger partial charge in [0.25, 0.3) is 0 Å². The molecule has 0 spiro atoms. The Morgan fingerprint density at radius 2 is 1.11 bits per heavy atom. The van der Waals surface area contributed by atoms with Gasteiger partial charge in [0.2, 0.25) is 0 Å². The SMILES string of the molecule is CC(C)=O.CC(C)=O.[CH2-]C(=O)C1CCCCC1.[Y]. The monoisotopic (exact) mass is 330 g/mol. The third kappa shape index (κ3) is 25.0. The Balaban J connectivity index is -0.000000214. The van der Waals surface area contributed by atoms with Gasteiger partial charge in [-0.15, -0.1) is 0 Å². The molecular weight excluding hydrogens is 305 g/mol. The molecule has 0 N–H and O–H groups in total. The molecule has 0 unspecified atom stereocenters. The minimum Gasteiger partial charge on any atom is -0.339 e. The molecule has 4 heteroatoms. The molecule has 0 aromatic carbocycles. The molecule has 1 aliphatic rings. The fourth-order valence-corrected chi connectivity index (χ4v) is 1.42. The summed E-state index contributed by atoms with van der Waals surface area (Å²) < 4.78 is 0. The molecule has 0 heterocycles. The summed E-state index contributed by atoms with van der Waals surface area (Å²) in [6.45, 7) is 9.53. The van der Waals surface area contributed by atoms with Crippen LogP contribution in [0.5, 0.6) is 0 Å². The van der Waals surface area contributed by atoms with Gasteiger partial charge in [-0.2, -0.15) is 0 Å². The van der Waals surface area contributed by atoms with Gasteiger partial charge in [-0.1, -0.05) is 19.3 Å². The minimum absolute atomic E-state index is 0. The van der Waals surface area contributed by atoms with Crippen LogP contribution in [0.2, 0.25) is 0 Å². The molecule has 1 fully saturated rings. The second-order valence-corrected chi connectivity index (χ2v) is 4.62. The van der Waals surface area contributed by atoms with Crippen LogP contribution in [0.3, 0.4) is 0 Å². The molecule has 0 saturated heterocycles. The molecule has 0 bridgehead atoms. The first-order chi connectivity index (χ1) is 7.77. The van der Waals surface area contributed by atoms with Crippen molar-refractivity contribution < 1.29 is 47.1 Å². The number of ketones is 3. The van der Waals surface area contributed by atoms with Crippen LogP contribution in [-0.2, 0) is 47.1 Å². The van der Waals surface area contributed by atoms with Crippen LogP contribution >= 0.6 is 0 Å². The zero-order valence-corrected chi connectivity index (χ0v) is 15.0. The van der Waals surface area contributed by atoms with Crippen LogP contribution in [0.15, 0.2) is 0 Å². The summed E-state index contributed by atoms with van der Waals surface area (Å²) in [5.41, 5.74) is 0. The van der Waals surface area contributed by atoms with Crippen molar-refractivity contribution in [1.29, 1.82) is 0 Å². The van der Waals surface area contributed by atoms with E-state index in [4.69, 9.17) is 0 Å². The van der Waals surface area contributed by atoms with E-state index in [0.29, 0.717) is 5.92 Å². The minimum atomic E-state index is 0. The third-order valence-electron chi connectivity index (χ3n) is 2.06. The molecule has 1 aliphatic carbocycles. The van der Waals surface area contributed by atoms with Gasteiger partial charge in [0, 0.05) is 32.7 Å². The Labute approximate surface area is 136 Å². The molecule has 0 atom stereocenters. The molecule has 1 radical (unpaired) electrons. The van der Waals surface area contributed by atoms with Crippen molar-refractivity contribution in [3.05, 3.63) is 6.92 Å². The summed E-state index contributed by atoms with van der Waals surface area (Å²) in [5, 5.41) is 0. The zero-order chi connectivity index (χ0) is 13.8. The van der Waals surface area contributed by atoms with Crippen LogP contribution < -0.4 is 0 Å². The van der Waals surface area contributed by atoms with E-state index in [1.165, 1.54) is 47.0 Å². The summed E-state index contributed by atoms with van der Waals surface area (Å²) in [6, 6.07) is 0. The molecule has 0 amide bonds. The van der Waals surface area contributed by atoms with Gasteiger partial charge in [0.15, 0.2) is 0 Å². The molecule has 0 aromatic heterocycles. The van der Waals surface area contributed by atoms with Crippen molar-refractivity contribution in [3.63, 3.8) is 0 Å². The molecular formula is C14H25O3Y-. The summed E-state index contributed by atoms with van der Waals surface area (Å²) >= 11 is 0. The Morgan fingerprint density at radius 1 is 0.833 bits per heavy atom. The Kier molecular flexibility index (Phi) is 19.3. The molecule has 1 saturated carbocycles. The predicted octanol–water partition coefficient (Wildman–Crippen LogP) is 3.16. The summed E-state index contributed by atoms with van der Waals surface area (Å²) in [7, 11) is 0. The number of Topliss-reactive ketones (excluding diaryl/α,β-unsaturated/α-hetero) is 3. The average Bonchev–Trinajstić information content (AvgIpc) is 2.17. The average molecular weight is 330 g/mol. The van der Waals surface area contributed by atoms with Gasteiger partial charge in [0.1, 0.15) is 11.6 Å². The first-order valence-corrected chi connectivity index (χ1v) is 6.07. The van der Waals surface area contributed by atoms with E-state index in [2.05, 4.69) is 6.92 Å². The quantitative estimate of drug-likeness (QED) is 0.694. The van der Waals surface area contributed by atoms with Crippen LogP contribution in [0.25, 0.3) is 0 Å². The number of carbonyl (C=O) groups is 3. The van der Waals surface area contributed by atoms with Crippen LogP contribution in [-0.4, -0.2) is 17.3 Å². The van der Waals surface area contributed by atoms with Crippen LogP contribution in [0.4, 0.5) is 0 Å². The smallest absolute Gasteiger partial charge is 0.126 e. The fourth-order valence-electron chi connectivity index (χ4n) is 1.42. The van der Waals surface area contributed by atoms with Crippen molar-refractivity contribution in [2.24, 2.45) is 5.92 Å². The van der Waals surface area contributed by atoms with Crippen molar-refractivity contribution in [3.8, 4) is 0 Å². The van der Waals surface area contributed by atoms with Gasteiger partial charge in [-0.05, 0) is 52.2 Å². The van der Waals surface area contributed by atoms with E-state index in [1.807, 2.05) is 0 Å². The van der Waals surface area contributed by atoms with Gasteiger partial charge in [0.05, 0.1) is 0 Å². The van der Waals surface area contributed by atoms with Crippen molar-refractivity contribution in [1.82, 2.24) is 0 Å². The van der Waals surface area contributed by atoms with Crippen LogP contribution in [0, 0.1) is 12.8 Å². The van der Waals surface area contributed by atoms with Crippen LogP contribution in [0.1, 0.15) is 59.8 Å². The number of rotatable bonds is 1. The van der Waals surface area contributed by atoms with Gasteiger partial charge >= 0.3 is 0 Å². The zero-order valence-electron chi connectivity index (χ0n) is 12.1. The Hall–Kier alpha value is -0.0161. The molecule has 0 aromatic rings. The third-order valence-corrected chi connectivity index (χ3v) is 2.06. The number of hydrogen-bond donors (Lipinski definition) is 0. The topological polar surface area (TPSA) is 51.2 Å². The molecule has 1 rings (SSSR count). The molecule has 103 valence electrons. The van der Waals surface area contributed by atoms with E-state index in [1.54, 1.807) is 0 Å². The molecule has 18 heavy (non-hydrogen) atoms. The largest absolute Gasteiger partial charge is 0.339 e. The Bertz CT molecular complexity index is 223. The summed E-state index contributed by atoms with van der Waals surface area (Å²) in [4.78, 5) is 29.6. The van der Waals surface area contributed by atoms with E-state index in [0.717, 1.165) is 12.8 Å². The second kappa shape index (κ2) is 15.0. The van der Waals surface area contributed by atoms with E-state index < -0.39 is 0 Å². The standard InChI is InChI=1S/C8H13O.2C3H6O.Y/c1-7(9)8-5-3-2-4-6-8;2*1-3(2)4;/h8H,1-6H2;2*1-2H3;/q-1;;;. The van der Waals surface area contributed by atoms with Gasteiger partial charge in [-0.3, -0.25) is 0 Å². The normalized spacial score (nSPS) is 13.8. The van der Waals surface area contributed by atoms with Crippen molar-refractivity contribution in [2.75, 3.05) is 0 Å². The second-order valence-electron chi connectivity index (χ2n) is 4.62.